The predicted octanol–water partition coefficient (Wildman–Crippen LogP) is 3.58. The Hall–Kier alpha value is -0.380. The summed E-state index contributed by atoms with van der Waals surface area (Å²) in [4.78, 5) is 5.53. The van der Waals surface area contributed by atoms with Crippen molar-refractivity contribution in [3.63, 3.8) is 0 Å². The lowest BCUT2D eigenvalue weighted by atomic mass is 10.0. The zero-order valence-corrected chi connectivity index (χ0v) is 12.7. The van der Waals surface area contributed by atoms with Gasteiger partial charge in [0.15, 0.2) is 0 Å². The summed E-state index contributed by atoms with van der Waals surface area (Å²) in [5.41, 5.74) is 0. The van der Waals surface area contributed by atoms with Crippen LogP contribution in [0.2, 0.25) is 0 Å². The van der Waals surface area contributed by atoms with E-state index in [4.69, 9.17) is 0 Å². The number of nitrogens with one attached hydrogen (secondary N) is 1. The fourth-order valence-corrected chi connectivity index (χ4v) is 3.75. The van der Waals surface area contributed by atoms with E-state index >= 15 is 0 Å². The third kappa shape index (κ3) is 3.56. The molecular weight excluding hydrogens is 240 g/mol. The summed E-state index contributed by atoms with van der Waals surface area (Å²) in [5, 5.41) is 3.66. The highest BCUT2D eigenvalue weighted by Crippen LogP contribution is 2.27. The van der Waals surface area contributed by atoms with Crippen molar-refractivity contribution in [1.29, 1.82) is 0 Å². The van der Waals surface area contributed by atoms with E-state index in [1.54, 1.807) is 0 Å². The standard InChI is InChI=1S/C15H26N2S/c1-4-17(11-14-7-5-6-10-16-14)13(3)15-9-8-12(2)18-15/h8-9,13-14,16H,4-7,10-11H2,1-3H3. The maximum atomic E-state index is 3.66. The van der Waals surface area contributed by atoms with E-state index in [2.05, 4.69) is 43.1 Å². The summed E-state index contributed by atoms with van der Waals surface area (Å²) >= 11 is 1.94. The third-order valence-electron chi connectivity index (χ3n) is 3.99. The summed E-state index contributed by atoms with van der Waals surface area (Å²) in [5.74, 6) is 0. The molecule has 1 aliphatic rings. The minimum absolute atomic E-state index is 0.553. The molecule has 0 bridgehead atoms. The average Bonchev–Trinajstić information content (AvgIpc) is 2.83. The van der Waals surface area contributed by atoms with Gasteiger partial charge in [-0.15, -0.1) is 11.3 Å². The maximum absolute atomic E-state index is 3.66. The molecule has 2 atom stereocenters. The Balaban J connectivity index is 1.94. The van der Waals surface area contributed by atoms with Gasteiger partial charge < -0.3 is 5.32 Å². The van der Waals surface area contributed by atoms with E-state index in [1.165, 1.54) is 42.1 Å². The van der Waals surface area contributed by atoms with Crippen LogP contribution in [0.15, 0.2) is 12.1 Å². The molecular formula is C15H26N2S. The van der Waals surface area contributed by atoms with Crippen LogP contribution in [0.1, 0.15) is 48.9 Å². The molecule has 0 saturated carbocycles. The molecule has 18 heavy (non-hydrogen) atoms. The van der Waals surface area contributed by atoms with Crippen LogP contribution in [0, 0.1) is 6.92 Å². The third-order valence-corrected chi connectivity index (χ3v) is 5.17. The summed E-state index contributed by atoms with van der Waals surface area (Å²) in [6.45, 7) is 10.3. The SMILES string of the molecule is CCN(CC1CCCCN1)C(C)c1ccc(C)s1. The van der Waals surface area contributed by atoms with Gasteiger partial charge in [0.25, 0.3) is 0 Å². The zero-order valence-electron chi connectivity index (χ0n) is 11.9. The van der Waals surface area contributed by atoms with Gasteiger partial charge in [0, 0.05) is 28.4 Å². The largest absolute Gasteiger partial charge is 0.313 e. The molecule has 0 amide bonds. The van der Waals surface area contributed by atoms with E-state index in [0.29, 0.717) is 12.1 Å². The Kier molecular flexibility index (Phi) is 5.22. The van der Waals surface area contributed by atoms with Crippen LogP contribution in [-0.4, -0.2) is 30.6 Å². The van der Waals surface area contributed by atoms with Gasteiger partial charge in [-0.05, 0) is 51.9 Å². The lowest BCUT2D eigenvalue weighted by molar-refractivity contribution is 0.187. The van der Waals surface area contributed by atoms with Crippen molar-refractivity contribution in [2.75, 3.05) is 19.6 Å². The van der Waals surface area contributed by atoms with Gasteiger partial charge in [-0.3, -0.25) is 4.90 Å². The van der Waals surface area contributed by atoms with Crippen molar-refractivity contribution >= 4 is 11.3 Å². The fraction of sp³-hybridized carbons (Fsp3) is 0.733. The Bertz CT molecular complexity index is 355. The van der Waals surface area contributed by atoms with Crippen LogP contribution in [0.25, 0.3) is 0 Å². The molecule has 0 aromatic carbocycles. The topological polar surface area (TPSA) is 15.3 Å². The Labute approximate surface area is 115 Å². The molecule has 102 valence electrons. The van der Waals surface area contributed by atoms with E-state index in [1.807, 2.05) is 11.3 Å². The van der Waals surface area contributed by atoms with Gasteiger partial charge >= 0.3 is 0 Å². The maximum Gasteiger partial charge on any atom is 0.0413 e. The highest BCUT2D eigenvalue weighted by molar-refractivity contribution is 7.12. The molecule has 1 saturated heterocycles. The van der Waals surface area contributed by atoms with Gasteiger partial charge in [-0.1, -0.05) is 13.3 Å². The first kappa shape index (κ1) is 14.0. The molecule has 1 fully saturated rings. The van der Waals surface area contributed by atoms with E-state index in [0.717, 1.165) is 6.54 Å². The van der Waals surface area contributed by atoms with Crippen LogP contribution in [-0.2, 0) is 0 Å². The Morgan fingerprint density at radius 2 is 2.28 bits per heavy atom. The van der Waals surface area contributed by atoms with Crippen LogP contribution < -0.4 is 5.32 Å². The lowest BCUT2D eigenvalue weighted by Crippen LogP contribution is -2.44. The monoisotopic (exact) mass is 266 g/mol. The van der Waals surface area contributed by atoms with E-state index in [9.17, 15) is 0 Å². The first-order chi connectivity index (χ1) is 8.70. The van der Waals surface area contributed by atoms with Crippen molar-refractivity contribution in [2.24, 2.45) is 0 Å². The van der Waals surface area contributed by atoms with Gasteiger partial charge in [0.1, 0.15) is 0 Å². The molecule has 2 nitrogen and oxygen atoms in total. The second-order valence-corrected chi connectivity index (χ2v) is 6.68. The summed E-state index contributed by atoms with van der Waals surface area (Å²) in [6, 6.07) is 5.78. The van der Waals surface area contributed by atoms with Crippen molar-refractivity contribution in [3.05, 3.63) is 21.9 Å². The molecule has 2 unspecified atom stereocenters. The molecule has 0 radical (unpaired) electrons. The number of hydrogen-bond acceptors (Lipinski definition) is 3. The minimum Gasteiger partial charge on any atom is -0.313 e. The normalized spacial score (nSPS) is 22.3. The number of likely N-dealkylation sites (N-methyl/N-ethyl adjacent to an activating group) is 1. The first-order valence-corrected chi connectivity index (χ1v) is 8.06. The smallest absolute Gasteiger partial charge is 0.0413 e. The first-order valence-electron chi connectivity index (χ1n) is 7.24. The molecule has 0 aliphatic carbocycles. The Morgan fingerprint density at radius 3 is 2.83 bits per heavy atom. The average molecular weight is 266 g/mol. The molecule has 1 aromatic rings. The van der Waals surface area contributed by atoms with Crippen molar-refractivity contribution < 1.29 is 0 Å². The second kappa shape index (κ2) is 6.69. The number of thiophene rings is 1. The van der Waals surface area contributed by atoms with E-state index in [-0.39, 0.29) is 0 Å². The van der Waals surface area contributed by atoms with Gasteiger partial charge in [-0.25, -0.2) is 0 Å². The van der Waals surface area contributed by atoms with Gasteiger partial charge in [-0.2, -0.15) is 0 Å². The number of hydrogen-bond donors (Lipinski definition) is 1. The van der Waals surface area contributed by atoms with Gasteiger partial charge in [0.05, 0.1) is 0 Å². The number of aryl methyl sites for hydroxylation is 1. The van der Waals surface area contributed by atoms with Crippen molar-refractivity contribution in [3.8, 4) is 0 Å². The minimum atomic E-state index is 0.553. The predicted molar refractivity (Wildman–Crippen MR) is 80.4 cm³/mol. The Morgan fingerprint density at radius 1 is 1.44 bits per heavy atom. The summed E-state index contributed by atoms with van der Waals surface area (Å²) < 4.78 is 0. The highest BCUT2D eigenvalue weighted by Gasteiger charge is 2.21. The lowest BCUT2D eigenvalue weighted by Gasteiger charge is -2.33. The molecule has 1 aliphatic heterocycles. The van der Waals surface area contributed by atoms with Gasteiger partial charge in [0.2, 0.25) is 0 Å². The summed E-state index contributed by atoms with van der Waals surface area (Å²) in [6.07, 6.45) is 4.08. The molecule has 0 spiro atoms. The number of rotatable bonds is 5. The fourth-order valence-electron chi connectivity index (χ4n) is 2.78. The molecule has 2 rings (SSSR count). The number of nitrogens with zero attached hydrogens (tertiary/aromatic N) is 1. The molecule has 2 heterocycles. The second-order valence-electron chi connectivity index (χ2n) is 5.36. The summed E-state index contributed by atoms with van der Waals surface area (Å²) in [7, 11) is 0. The van der Waals surface area contributed by atoms with Crippen LogP contribution in [0.5, 0.6) is 0 Å². The number of piperidine rings is 1. The van der Waals surface area contributed by atoms with Crippen LogP contribution in [0.3, 0.4) is 0 Å². The van der Waals surface area contributed by atoms with Crippen molar-refractivity contribution in [2.45, 2.75) is 52.1 Å². The highest BCUT2D eigenvalue weighted by atomic mass is 32.1. The molecule has 3 heteroatoms. The molecule has 1 aromatic heterocycles. The van der Waals surface area contributed by atoms with Crippen LogP contribution in [0.4, 0.5) is 0 Å². The van der Waals surface area contributed by atoms with E-state index < -0.39 is 0 Å². The molecule has 1 N–H and O–H groups in total. The van der Waals surface area contributed by atoms with Crippen molar-refractivity contribution in [1.82, 2.24) is 10.2 Å². The van der Waals surface area contributed by atoms with Crippen LogP contribution >= 0.6 is 11.3 Å². The zero-order chi connectivity index (χ0) is 13.0. The quantitative estimate of drug-likeness (QED) is 0.876.